The van der Waals surface area contributed by atoms with Gasteiger partial charge in [0.2, 0.25) is 0 Å². The van der Waals surface area contributed by atoms with E-state index in [-0.39, 0.29) is 5.91 Å². The first-order valence-corrected chi connectivity index (χ1v) is 9.34. The molecule has 1 amide bonds. The number of fused-ring (bicyclic) bond motifs is 1. The van der Waals surface area contributed by atoms with Gasteiger partial charge in [0, 0.05) is 47.9 Å². The molecule has 1 saturated carbocycles. The highest BCUT2D eigenvalue weighted by atomic mass is 16.2. The number of aromatic amines is 1. The number of nitrogens with zero attached hydrogens (tertiary/aromatic N) is 4. The topological polar surface area (TPSA) is 74.8 Å². The lowest BCUT2D eigenvalue weighted by Gasteiger charge is -2.31. The summed E-state index contributed by atoms with van der Waals surface area (Å²) in [6, 6.07) is 10.1. The Morgan fingerprint density at radius 2 is 1.92 bits per heavy atom. The molecule has 1 aliphatic carbocycles. The minimum absolute atomic E-state index is 0.0414. The fourth-order valence-electron chi connectivity index (χ4n) is 3.78. The predicted molar refractivity (Wildman–Crippen MR) is 98.0 cm³/mol. The van der Waals surface area contributed by atoms with Gasteiger partial charge in [-0.25, -0.2) is 9.97 Å². The highest BCUT2D eigenvalue weighted by Crippen LogP contribution is 2.39. The van der Waals surface area contributed by atoms with Crippen LogP contribution in [0.25, 0.3) is 11.0 Å². The minimum Gasteiger partial charge on any atom is -0.337 e. The number of aromatic nitrogens is 4. The molecule has 0 atom stereocenters. The first-order valence-electron chi connectivity index (χ1n) is 9.34. The maximum atomic E-state index is 12.7. The molecular formula is C20H21N5O. The van der Waals surface area contributed by atoms with E-state index in [0.717, 1.165) is 48.4 Å². The zero-order valence-corrected chi connectivity index (χ0v) is 14.6. The Labute approximate surface area is 151 Å². The van der Waals surface area contributed by atoms with Gasteiger partial charge in [0.25, 0.3) is 5.91 Å². The number of carbonyl (C=O) groups is 1. The number of pyridine rings is 2. The minimum atomic E-state index is 0.0414. The van der Waals surface area contributed by atoms with Gasteiger partial charge in [-0.1, -0.05) is 0 Å². The van der Waals surface area contributed by atoms with Crippen LogP contribution in [0.4, 0.5) is 0 Å². The van der Waals surface area contributed by atoms with Crippen LogP contribution in [0.15, 0.2) is 36.5 Å². The SMILES string of the molecule is O=C(c1cc(C2CC2)[nH]n1)N1CCC(c2ccc3cccnc3n2)CC1. The third-order valence-corrected chi connectivity index (χ3v) is 5.52. The van der Waals surface area contributed by atoms with Crippen molar-refractivity contribution < 1.29 is 4.79 Å². The molecule has 0 spiro atoms. The Bertz CT molecular complexity index is 953. The second-order valence-electron chi connectivity index (χ2n) is 7.34. The molecule has 0 bridgehead atoms. The monoisotopic (exact) mass is 347 g/mol. The molecule has 132 valence electrons. The van der Waals surface area contributed by atoms with Crippen LogP contribution in [0.3, 0.4) is 0 Å². The molecule has 2 aliphatic rings. The Kier molecular flexibility index (Phi) is 3.69. The van der Waals surface area contributed by atoms with Crippen LogP contribution in [-0.2, 0) is 0 Å². The van der Waals surface area contributed by atoms with Crippen LogP contribution in [-0.4, -0.2) is 44.1 Å². The maximum absolute atomic E-state index is 12.7. The Hall–Kier alpha value is -2.76. The third kappa shape index (κ3) is 2.85. The second kappa shape index (κ2) is 6.20. The summed E-state index contributed by atoms with van der Waals surface area (Å²) in [5.74, 6) is 1.01. The molecule has 1 aliphatic heterocycles. The fraction of sp³-hybridized carbons (Fsp3) is 0.400. The number of H-pyrrole nitrogens is 1. The van der Waals surface area contributed by atoms with Gasteiger partial charge in [0.1, 0.15) is 5.69 Å². The quantitative estimate of drug-likeness (QED) is 0.789. The molecule has 26 heavy (non-hydrogen) atoms. The molecule has 0 radical (unpaired) electrons. The summed E-state index contributed by atoms with van der Waals surface area (Å²) in [6.45, 7) is 1.49. The van der Waals surface area contributed by atoms with Crippen molar-refractivity contribution in [3.8, 4) is 0 Å². The Morgan fingerprint density at radius 3 is 2.73 bits per heavy atom. The molecule has 3 aromatic rings. The van der Waals surface area contributed by atoms with Gasteiger partial charge in [-0.05, 0) is 56.0 Å². The van der Waals surface area contributed by atoms with Crippen LogP contribution in [0, 0.1) is 0 Å². The van der Waals surface area contributed by atoms with Crippen molar-refractivity contribution in [2.24, 2.45) is 0 Å². The van der Waals surface area contributed by atoms with Crippen LogP contribution < -0.4 is 0 Å². The van der Waals surface area contributed by atoms with Crippen molar-refractivity contribution in [1.29, 1.82) is 0 Å². The Morgan fingerprint density at radius 1 is 1.08 bits per heavy atom. The van der Waals surface area contributed by atoms with E-state index in [1.54, 1.807) is 6.20 Å². The van der Waals surface area contributed by atoms with Crippen molar-refractivity contribution in [1.82, 2.24) is 25.1 Å². The van der Waals surface area contributed by atoms with E-state index in [1.807, 2.05) is 23.1 Å². The standard InChI is InChI=1S/C20H21N5O/c26-20(18-12-17(23-24-18)13-3-4-13)25-10-7-14(8-11-25)16-6-5-15-2-1-9-21-19(15)22-16/h1-2,5-6,9,12-14H,3-4,7-8,10-11H2,(H,23,24). The van der Waals surface area contributed by atoms with E-state index in [2.05, 4.69) is 27.3 Å². The number of carbonyl (C=O) groups excluding carboxylic acids is 1. The van der Waals surface area contributed by atoms with E-state index in [4.69, 9.17) is 4.98 Å². The van der Waals surface area contributed by atoms with E-state index in [0.29, 0.717) is 17.5 Å². The second-order valence-corrected chi connectivity index (χ2v) is 7.34. The number of likely N-dealkylation sites (tertiary alicyclic amines) is 1. The fourth-order valence-corrected chi connectivity index (χ4v) is 3.78. The summed E-state index contributed by atoms with van der Waals surface area (Å²) in [7, 11) is 0. The zero-order chi connectivity index (χ0) is 17.5. The molecule has 3 aromatic heterocycles. The van der Waals surface area contributed by atoms with Crippen molar-refractivity contribution in [3.05, 3.63) is 53.6 Å². The summed E-state index contributed by atoms with van der Waals surface area (Å²) in [6.07, 6.45) is 6.04. The molecule has 6 heteroatoms. The molecule has 1 saturated heterocycles. The lowest BCUT2D eigenvalue weighted by Crippen LogP contribution is -2.38. The molecule has 4 heterocycles. The van der Waals surface area contributed by atoms with Gasteiger partial charge in [-0.2, -0.15) is 5.10 Å². The van der Waals surface area contributed by atoms with Crippen molar-refractivity contribution in [3.63, 3.8) is 0 Å². The van der Waals surface area contributed by atoms with Crippen LogP contribution >= 0.6 is 0 Å². The lowest BCUT2D eigenvalue weighted by atomic mass is 9.92. The largest absolute Gasteiger partial charge is 0.337 e. The van der Waals surface area contributed by atoms with Crippen molar-refractivity contribution >= 4 is 16.9 Å². The summed E-state index contributed by atoms with van der Waals surface area (Å²) < 4.78 is 0. The number of hydrogen-bond acceptors (Lipinski definition) is 4. The van der Waals surface area contributed by atoms with Crippen LogP contribution in [0.2, 0.25) is 0 Å². The number of rotatable bonds is 3. The van der Waals surface area contributed by atoms with Crippen LogP contribution in [0.5, 0.6) is 0 Å². The summed E-state index contributed by atoms with van der Waals surface area (Å²) >= 11 is 0. The molecule has 0 unspecified atom stereocenters. The van der Waals surface area contributed by atoms with Gasteiger partial charge in [-0.3, -0.25) is 9.89 Å². The zero-order valence-electron chi connectivity index (χ0n) is 14.6. The highest BCUT2D eigenvalue weighted by Gasteiger charge is 2.29. The van der Waals surface area contributed by atoms with E-state index < -0.39 is 0 Å². The molecule has 1 N–H and O–H groups in total. The van der Waals surface area contributed by atoms with Gasteiger partial charge >= 0.3 is 0 Å². The van der Waals surface area contributed by atoms with Gasteiger partial charge < -0.3 is 4.90 Å². The Balaban J connectivity index is 1.26. The van der Waals surface area contributed by atoms with Crippen LogP contribution in [0.1, 0.15) is 59.4 Å². The molecular weight excluding hydrogens is 326 g/mol. The summed E-state index contributed by atoms with van der Waals surface area (Å²) in [5, 5.41) is 8.32. The summed E-state index contributed by atoms with van der Waals surface area (Å²) in [4.78, 5) is 23.7. The van der Waals surface area contributed by atoms with E-state index in [9.17, 15) is 4.79 Å². The van der Waals surface area contributed by atoms with Crippen molar-refractivity contribution in [2.75, 3.05) is 13.1 Å². The molecule has 6 nitrogen and oxygen atoms in total. The van der Waals surface area contributed by atoms with E-state index in [1.165, 1.54) is 12.8 Å². The van der Waals surface area contributed by atoms with Gasteiger partial charge in [0.05, 0.1) is 0 Å². The molecule has 2 fully saturated rings. The third-order valence-electron chi connectivity index (χ3n) is 5.52. The highest BCUT2D eigenvalue weighted by molar-refractivity contribution is 5.92. The average Bonchev–Trinajstić information content (AvgIpc) is 3.44. The van der Waals surface area contributed by atoms with Gasteiger partial charge in [0.15, 0.2) is 5.65 Å². The smallest absolute Gasteiger partial charge is 0.274 e. The first-order chi connectivity index (χ1) is 12.8. The van der Waals surface area contributed by atoms with Gasteiger partial charge in [-0.15, -0.1) is 0 Å². The number of piperidine rings is 1. The average molecular weight is 347 g/mol. The molecule has 0 aromatic carbocycles. The number of amides is 1. The van der Waals surface area contributed by atoms with E-state index >= 15 is 0 Å². The summed E-state index contributed by atoms with van der Waals surface area (Å²) in [5.41, 5.74) is 3.54. The van der Waals surface area contributed by atoms with Crippen molar-refractivity contribution in [2.45, 2.75) is 37.5 Å². The predicted octanol–water partition coefficient (Wildman–Crippen LogP) is 3.25. The maximum Gasteiger partial charge on any atom is 0.274 e. The lowest BCUT2D eigenvalue weighted by molar-refractivity contribution is 0.0706. The number of hydrogen-bond donors (Lipinski definition) is 1. The first kappa shape index (κ1) is 15.5. The molecule has 5 rings (SSSR count). The number of nitrogens with one attached hydrogen (secondary N) is 1. The normalized spacial score (nSPS) is 18.4.